The van der Waals surface area contributed by atoms with Crippen LogP contribution >= 0.6 is 0 Å². The van der Waals surface area contributed by atoms with Gasteiger partial charge in [-0.15, -0.1) is 0 Å². The van der Waals surface area contributed by atoms with Crippen molar-refractivity contribution in [2.45, 2.75) is 0 Å². The molecule has 10 aromatic carbocycles. The summed E-state index contributed by atoms with van der Waals surface area (Å²) in [7, 11) is 0. The van der Waals surface area contributed by atoms with Crippen LogP contribution in [0.5, 0.6) is 0 Å². The van der Waals surface area contributed by atoms with Gasteiger partial charge in [0.25, 0.3) is 0 Å². The summed E-state index contributed by atoms with van der Waals surface area (Å²) in [6.45, 7) is 0. The Morgan fingerprint density at radius 1 is 0.290 bits per heavy atom. The lowest BCUT2D eigenvalue weighted by Gasteiger charge is -2.29. The normalized spacial score (nSPS) is 11.5. The molecule has 6 nitrogen and oxygen atoms in total. The van der Waals surface area contributed by atoms with Crippen LogP contribution in [0.2, 0.25) is 0 Å². The van der Waals surface area contributed by atoms with Crippen molar-refractivity contribution < 1.29 is 8.83 Å². The lowest BCUT2D eigenvalue weighted by atomic mass is 9.93. The van der Waals surface area contributed by atoms with Gasteiger partial charge in [-0.05, 0) is 119 Å². The van der Waals surface area contributed by atoms with Gasteiger partial charge in [-0.3, -0.25) is 0 Å². The van der Waals surface area contributed by atoms with Crippen molar-refractivity contribution in [2.75, 3.05) is 9.80 Å². The molecule has 2 aromatic heterocycles. The minimum atomic E-state index is 0.592. The zero-order valence-corrected chi connectivity index (χ0v) is 33.1. The van der Waals surface area contributed by atoms with Crippen LogP contribution in [0, 0.1) is 22.7 Å². The largest absolute Gasteiger partial charge is 0.456 e. The number of hydrogen-bond acceptors (Lipinski definition) is 6. The van der Waals surface area contributed by atoms with E-state index in [2.05, 4.69) is 131 Å². The Hall–Kier alpha value is -8.84. The first-order chi connectivity index (χ1) is 30.6. The molecule has 0 saturated heterocycles. The quantitative estimate of drug-likeness (QED) is 0.156. The van der Waals surface area contributed by atoms with E-state index in [4.69, 9.17) is 8.83 Å². The summed E-state index contributed by atoms with van der Waals surface area (Å²) in [5, 5.41) is 30.2. The summed E-state index contributed by atoms with van der Waals surface area (Å²) in [5.41, 5.74) is 10.1. The van der Waals surface area contributed by atoms with Crippen molar-refractivity contribution in [2.24, 2.45) is 0 Å². The maximum absolute atomic E-state index is 9.76. The Morgan fingerprint density at radius 2 is 0.629 bits per heavy atom. The number of fused-ring (bicyclic) bond motifs is 11. The molecule has 0 amide bonds. The zero-order chi connectivity index (χ0) is 41.3. The molecular weight excluding hydrogens is 761 g/mol. The van der Waals surface area contributed by atoms with Gasteiger partial charge in [0.2, 0.25) is 0 Å². The van der Waals surface area contributed by atoms with Gasteiger partial charge >= 0.3 is 0 Å². The molecule has 0 unspecified atom stereocenters. The van der Waals surface area contributed by atoms with Crippen molar-refractivity contribution in [1.29, 1.82) is 10.5 Å². The van der Waals surface area contributed by atoms with Crippen LogP contribution in [0.3, 0.4) is 0 Å². The van der Waals surface area contributed by atoms with Gasteiger partial charge in [0.1, 0.15) is 22.3 Å². The summed E-state index contributed by atoms with van der Waals surface area (Å²) in [6, 6.07) is 70.9. The SMILES string of the molecule is N#Cc1ccc(N(c2ccc3c(c2)oc2ccccc23)c2cc3c4ccccc4c(N(c4ccc(C#N)cc4)c4ccc5c(c4)oc4ccccc45)cc3c3ccccc23)cc1. The third-order valence-corrected chi connectivity index (χ3v) is 12.1. The number of anilines is 6. The molecule has 0 atom stereocenters. The van der Waals surface area contributed by atoms with Crippen molar-refractivity contribution in [3.63, 3.8) is 0 Å². The Morgan fingerprint density at radius 3 is 1.03 bits per heavy atom. The fraction of sp³-hybridized carbons (Fsp3) is 0. The predicted molar refractivity (Wildman–Crippen MR) is 252 cm³/mol. The molecule has 0 aliphatic rings. The Kier molecular flexibility index (Phi) is 7.87. The average molecular weight is 793 g/mol. The molecule has 0 aliphatic carbocycles. The van der Waals surface area contributed by atoms with Gasteiger partial charge in [0.05, 0.1) is 34.6 Å². The second-order valence-corrected chi connectivity index (χ2v) is 15.5. The summed E-state index contributed by atoms with van der Waals surface area (Å²) in [6.07, 6.45) is 0. The third kappa shape index (κ3) is 5.49. The van der Waals surface area contributed by atoms with E-state index in [0.29, 0.717) is 11.1 Å². The lowest BCUT2D eigenvalue weighted by molar-refractivity contribution is 0.668. The van der Waals surface area contributed by atoms with E-state index < -0.39 is 0 Å². The van der Waals surface area contributed by atoms with Gasteiger partial charge < -0.3 is 18.6 Å². The van der Waals surface area contributed by atoms with Crippen LogP contribution in [0.25, 0.3) is 76.2 Å². The van der Waals surface area contributed by atoms with E-state index in [1.54, 1.807) is 0 Å². The van der Waals surface area contributed by atoms with E-state index in [0.717, 1.165) is 110 Å². The topological polar surface area (TPSA) is 80.3 Å². The number of para-hydroxylation sites is 2. The molecule has 0 aliphatic heterocycles. The lowest BCUT2D eigenvalue weighted by Crippen LogP contribution is -2.12. The minimum absolute atomic E-state index is 0.592. The van der Waals surface area contributed by atoms with E-state index in [1.807, 2.05) is 84.9 Å². The highest BCUT2D eigenvalue weighted by atomic mass is 16.3. The van der Waals surface area contributed by atoms with Gasteiger partial charge in [0.15, 0.2) is 0 Å². The second kappa shape index (κ2) is 13.9. The van der Waals surface area contributed by atoms with E-state index >= 15 is 0 Å². The van der Waals surface area contributed by atoms with Gasteiger partial charge in [0, 0.05) is 67.2 Å². The van der Waals surface area contributed by atoms with Crippen LogP contribution in [0.15, 0.2) is 203 Å². The van der Waals surface area contributed by atoms with Crippen LogP contribution < -0.4 is 9.80 Å². The molecule has 0 bridgehead atoms. The highest BCUT2D eigenvalue weighted by Crippen LogP contribution is 2.48. The van der Waals surface area contributed by atoms with Crippen LogP contribution in [0.4, 0.5) is 34.1 Å². The molecule has 0 spiro atoms. The van der Waals surface area contributed by atoms with Gasteiger partial charge in [-0.2, -0.15) is 10.5 Å². The number of furan rings is 2. The molecule has 12 rings (SSSR count). The molecule has 0 saturated carbocycles. The second-order valence-electron chi connectivity index (χ2n) is 15.5. The minimum Gasteiger partial charge on any atom is -0.456 e. The number of rotatable bonds is 6. The predicted octanol–water partition coefficient (Wildman–Crippen LogP) is 15.6. The Labute approximate surface area is 355 Å². The van der Waals surface area contributed by atoms with E-state index in [9.17, 15) is 10.5 Å². The number of benzene rings is 10. The van der Waals surface area contributed by atoms with Crippen LogP contribution in [-0.2, 0) is 0 Å². The maximum Gasteiger partial charge on any atom is 0.137 e. The highest BCUT2D eigenvalue weighted by molar-refractivity contribution is 6.25. The molecule has 0 fully saturated rings. The number of hydrogen-bond donors (Lipinski definition) is 0. The zero-order valence-electron chi connectivity index (χ0n) is 33.1. The molecule has 12 aromatic rings. The van der Waals surface area contributed by atoms with Gasteiger partial charge in [-0.1, -0.05) is 84.9 Å². The van der Waals surface area contributed by atoms with E-state index in [1.165, 1.54) is 0 Å². The fourth-order valence-electron chi connectivity index (χ4n) is 9.21. The molecule has 288 valence electrons. The average Bonchev–Trinajstić information content (AvgIpc) is 3.90. The van der Waals surface area contributed by atoms with E-state index in [-0.39, 0.29) is 0 Å². The molecule has 2 heterocycles. The van der Waals surface area contributed by atoms with Crippen molar-refractivity contribution in [3.05, 3.63) is 205 Å². The summed E-state index contributed by atoms with van der Waals surface area (Å²) >= 11 is 0. The van der Waals surface area contributed by atoms with Crippen molar-refractivity contribution in [3.8, 4) is 12.1 Å². The third-order valence-electron chi connectivity index (χ3n) is 12.1. The highest BCUT2D eigenvalue weighted by Gasteiger charge is 2.23. The molecular formula is C56H32N4O2. The smallest absolute Gasteiger partial charge is 0.137 e. The fourth-order valence-corrected chi connectivity index (χ4v) is 9.21. The Balaban J connectivity index is 1.13. The summed E-state index contributed by atoms with van der Waals surface area (Å²) in [4.78, 5) is 4.54. The standard InChI is InChI=1S/C56H32N4O2/c57-33-35-17-21-37(22-18-35)59(39-25-27-47-45-13-5-7-15-53(45)61-55(47)29-39)51-32-50-42-10-2-4-12-44(42)52(31-49(50)41-9-1-3-11-43(41)51)60(38-23-19-36(34-58)20-24-38)40-26-28-48-46-14-6-8-16-54(46)62-56(48)30-40/h1-32H. The first kappa shape index (κ1) is 35.1. The molecule has 6 heteroatoms. The number of nitriles is 2. The van der Waals surface area contributed by atoms with Crippen LogP contribution in [0.1, 0.15) is 11.1 Å². The molecule has 62 heavy (non-hydrogen) atoms. The monoisotopic (exact) mass is 792 g/mol. The summed E-state index contributed by atoms with van der Waals surface area (Å²) < 4.78 is 12.9. The van der Waals surface area contributed by atoms with Crippen LogP contribution in [-0.4, -0.2) is 0 Å². The van der Waals surface area contributed by atoms with Crippen molar-refractivity contribution in [1.82, 2.24) is 0 Å². The first-order valence-electron chi connectivity index (χ1n) is 20.4. The maximum atomic E-state index is 9.76. The summed E-state index contributed by atoms with van der Waals surface area (Å²) in [5.74, 6) is 0. The van der Waals surface area contributed by atoms with Gasteiger partial charge in [-0.25, -0.2) is 0 Å². The molecule has 0 radical (unpaired) electrons. The van der Waals surface area contributed by atoms with Crippen molar-refractivity contribution >= 4 is 110 Å². The Bertz CT molecular complexity index is 3590. The first-order valence-corrected chi connectivity index (χ1v) is 20.4. The number of nitrogens with zero attached hydrogens (tertiary/aromatic N) is 4. The molecule has 0 N–H and O–H groups in total.